The van der Waals surface area contributed by atoms with Crippen LogP contribution in [0, 0.1) is 0 Å². The lowest BCUT2D eigenvalue weighted by atomic mass is 10.4. The molecule has 7 heteroatoms. The maximum Gasteiger partial charge on any atom is 0.213 e. The van der Waals surface area contributed by atoms with E-state index in [-0.39, 0.29) is 25.5 Å². The van der Waals surface area contributed by atoms with E-state index in [1.54, 1.807) is 6.92 Å². The number of hydrogen-bond donors (Lipinski definition) is 2. The lowest BCUT2D eigenvalue weighted by Crippen LogP contribution is -2.36. The number of rotatable bonds is 9. The van der Waals surface area contributed by atoms with Crippen LogP contribution >= 0.6 is 0 Å². The van der Waals surface area contributed by atoms with Crippen molar-refractivity contribution >= 4 is 10.0 Å². The first-order chi connectivity index (χ1) is 7.02. The van der Waals surface area contributed by atoms with Gasteiger partial charge in [0.1, 0.15) is 0 Å². The quantitative estimate of drug-likeness (QED) is 0.503. The number of hydrogen-bond acceptors (Lipinski definition) is 5. The van der Waals surface area contributed by atoms with Crippen LogP contribution in [0.1, 0.15) is 6.92 Å². The van der Waals surface area contributed by atoms with Crippen LogP contribution in [-0.4, -0.2) is 58.9 Å². The van der Waals surface area contributed by atoms with Gasteiger partial charge >= 0.3 is 0 Å². The minimum atomic E-state index is -3.36. The van der Waals surface area contributed by atoms with Crippen molar-refractivity contribution in [2.45, 2.75) is 13.0 Å². The number of aliphatic hydroxyl groups excluding tert-OH is 1. The predicted molar refractivity (Wildman–Crippen MR) is 56.2 cm³/mol. The van der Waals surface area contributed by atoms with Crippen molar-refractivity contribution in [3.63, 3.8) is 0 Å². The van der Waals surface area contributed by atoms with Crippen molar-refractivity contribution in [2.24, 2.45) is 0 Å². The third-order valence-corrected chi connectivity index (χ3v) is 2.91. The average molecular weight is 241 g/mol. The second-order valence-electron chi connectivity index (χ2n) is 2.97. The van der Waals surface area contributed by atoms with E-state index in [2.05, 4.69) is 9.46 Å². The van der Waals surface area contributed by atoms with Gasteiger partial charge in [-0.3, -0.25) is 0 Å². The van der Waals surface area contributed by atoms with Crippen molar-refractivity contribution < 1.29 is 23.0 Å². The topological polar surface area (TPSA) is 84.9 Å². The Morgan fingerprint density at radius 1 is 1.47 bits per heavy atom. The Morgan fingerprint density at radius 2 is 2.13 bits per heavy atom. The van der Waals surface area contributed by atoms with E-state index >= 15 is 0 Å². The summed E-state index contributed by atoms with van der Waals surface area (Å²) < 4.78 is 34.4. The molecule has 0 fully saturated rings. The van der Waals surface area contributed by atoms with Crippen LogP contribution in [0.25, 0.3) is 0 Å². The fourth-order valence-corrected chi connectivity index (χ4v) is 1.79. The molecule has 1 atom stereocenters. The highest BCUT2D eigenvalue weighted by molar-refractivity contribution is 7.89. The summed E-state index contributed by atoms with van der Waals surface area (Å²) in [4.78, 5) is 0. The number of nitrogens with one attached hydrogen (secondary N) is 1. The molecule has 6 nitrogen and oxygen atoms in total. The number of methoxy groups -OCH3 is 1. The molecule has 2 N–H and O–H groups in total. The van der Waals surface area contributed by atoms with Gasteiger partial charge in [0, 0.05) is 20.3 Å². The smallest absolute Gasteiger partial charge is 0.213 e. The van der Waals surface area contributed by atoms with Crippen molar-refractivity contribution in [2.75, 3.05) is 39.2 Å². The van der Waals surface area contributed by atoms with E-state index in [9.17, 15) is 13.5 Å². The maximum atomic E-state index is 11.3. The molecule has 0 radical (unpaired) electrons. The Morgan fingerprint density at radius 3 is 2.67 bits per heavy atom. The lowest BCUT2D eigenvalue weighted by molar-refractivity contribution is 0.0678. The summed E-state index contributed by atoms with van der Waals surface area (Å²) in [7, 11) is -1.92. The standard InChI is InChI=1S/C8H19NO5S/c1-3-14-4-5-15(11,12)9-6-8(10)7-13-2/h8-10H,3-7H2,1-2H3. The zero-order chi connectivity index (χ0) is 11.7. The molecule has 92 valence electrons. The zero-order valence-electron chi connectivity index (χ0n) is 9.10. The molecular formula is C8H19NO5S. The molecule has 0 rings (SSSR count). The van der Waals surface area contributed by atoms with Crippen molar-refractivity contribution in [3.8, 4) is 0 Å². The zero-order valence-corrected chi connectivity index (χ0v) is 9.92. The number of aliphatic hydroxyl groups is 1. The van der Waals surface area contributed by atoms with E-state index in [0.29, 0.717) is 6.61 Å². The van der Waals surface area contributed by atoms with Gasteiger partial charge in [-0.25, -0.2) is 13.1 Å². The summed E-state index contributed by atoms with van der Waals surface area (Å²) >= 11 is 0. The van der Waals surface area contributed by atoms with Crippen LogP contribution in [0.15, 0.2) is 0 Å². The lowest BCUT2D eigenvalue weighted by Gasteiger charge is -2.11. The fraction of sp³-hybridized carbons (Fsp3) is 1.00. The molecule has 0 saturated heterocycles. The van der Waals surface area contributed by atoms with Crippen LogP contribution in [-0.2, 0) is 19.5 Å². The molecule has 0 aromatic rings. The molecule has 0 aromatic carbocycles. The highest BCUT2D eigenvalue weighted by Gasteiger charge is 2.12. The summed E-state index contributed by atoms with van der Waals surface area (Å²) in [6.45, 7) is 2.51. The fourth-order valence-electron chi connectivity index (χ4n) is 0.860. The third-order valence-electron chi connectivity index (χ3n) is 1.60. The number of ether oxygens (including phenoxy) is 2. The van der Waals surface area contributed by atoms with Gasteiger partial charge in [-0.1, -0.05) is 0 Å². The Kier molecular flexibility index (Phi) is 7.89. The molecule has 0 aliphatic rings. The highest BCUT2D eigenvalue weighted by Crippen LogP contribution is 1.88. The predicted octanol–water partition coefficient (Wildman–Crippen LogP) is -1.05. The van der Waals surface area contributed by atoms with Gasteiger partial charge in [0.05, 0.1) is 25.1 Å². The van der Waals surface area contributed by atoms with Gasteiger partial charge in [-0.05, 0) is 6.92 Å². The molecule has 0 spiro atoms. The third kappa shape index (κ3) is 8.76. The molecule has 0 bridgehead atoms. The van der Waals surface area contributed by atoms with E-state index in [4.69, 9.17) is 4.74 Å². The minimum absolute atomic E-state index is 0.0394. The molecule has 0 aromatic heterocycles. The second-order valence-corrected chi connectivity index (χ2v) is 4.90. The monoisotopic (exact) mass is 241 g/mol. The Labute approximate surface area is 90.6 Å². The Hall–Kier alpha value is -0.210. The largest absolute Gasteiger partial charge is 0.389 e. The molecule has 0 amide bonds. The Balaban J connectivity index is 3.73. The van der Waals surface area contributed by atoms with Crippen LogP contribution in [0.5, 0.6) is 0 Å². The van der Waals surface area contributed by atoms with E-state index in [0.717, 1.165) is 0 Å². The van der Waals surface area contributed by atoms with Gasteiger partial charge < -0.3 is 14.6 Å². The Bertz CT molecular complexity index is 241. The van der Waals surface area contributed by atoms with Crippen LogP contribution in [0.3, 0.4) is 0 Å². The van der Waals surface area contributed by atoms with Crippen molar-refractivity contribution in [1.29, 1.82) is 0 Å². The van der Waals surface area contributed by atoms with E-state index in [1.807, 2.05) is 0 Å². The SMILES string of the molecule is CCOCCS(=O)(=O)NCC(O)COC. The van der Waals surface area contributed by atoms with E-state index in [1.165, 1.54) is 7.11 Å². The summed E-state index contributed by atoms with van der Waals surface area (Å²) in [5.74, 6) is -0.0967. The molecule has 0 heterocycles. The van der Waals surface area contributed by atoms with Gasteiger partial charge in [0.15, 0.2) is 0 Å². The van der Waals surface area contributed by atoms with Gasteiger partial charge in [0.2, 0.25) is 10.0 Å². The summed E-state index contributed by atoms with van der Waals surface area (Å²) in [5.41, 5.74) is 0. The first-order valence-corrected chi connectivity index (χ1v) is 6.39. The van der Waals surface area contributed by atoms with Gasteiger partial charge in [-0.2, -0.15) is 0 Å². The second kappa shape index (κ2) is 8.00. The molecule has 0 saturated carbocycles. The molecular weight excluding hydrogens is 222 g/mol. The molecule has 0 aliphatic carbocycles. The van der Waals surface area contributed by atoms with Crippen molar-refractivity contribution in [1.82, 2.24) is 4.72 Å². The van der Waals surface area contributed by atoms with E-state index < -0.39 is 16.1 Å². The summed E-state index contributed by atoms with van der Waals surface area (Å²) in [5, 5.41) is 9.20. The first kappa shape index (κ1) is 14.8. The highest BCUT2D eigenvalue weighted by atomic mass is 32.2. The van der Waals surface area contributed by atoms with Gasteiger partial charge in [0.25, 0.3) is 0 Å². The molecule has 0 aliphatic heterocycles. The van der Waals surface area contributed by atoms with Crippen molar-refractivity contribution in [3.05, 3.63) is 0 Å². The van der Waals surface area contributed by atoms with Crippen LogP contribution in [0.4, 0.5) is 0 Å². The van der Waals surface area contributed by atoms with Gasteiger partial charge in [-0.15, -0.1) is 0 Å². The van der Waals surface area contributed by atoms with Crippen LogP contribution in [0.2, 0.25) is 0 Å². The summed E-state index contributed by atoms with van der Waals surface area (Å²) in [6.07, 6.45) is -0.822. The number of sulfonamides is 1. The normalized spacial score (nSPS) is 14.1. The maximum absolute atomic E-state index is 11.3. The van der Waals surface area contributed by atoms with Crippen LogP contribution < -0.4 is 4.72 Å². The average Bonchev–Trinajstić information content (AvgIpc) is 2.16. The molecule has 15 heavy (non-hydrogen) atoms. The molecule has 1 unspecified atom stereocenters. The first-order valence-electron chi connectivity index (χ1n) is 4.74. The summed E-state index contributed by atoms with van der Waals surface area (Å²) in [6, 6.07) is 0. The minimum Gasteiger partial charge on any atom is -0.389 e.